The Morgan fingerprint density at radius 3 is 2.59 bits per heavy atom. The molecule has 2 rings (SSSR count). The highest BCUT2D eigenvalue weighted by Gasteiger charge is 2.13. The van der Waals surface area contributed by atoms with Crippen molar-refractivity contribution in [3.63, 3.8) is 0 Å². The van der Waals surface area contributed by atoms with E-state index in [9.17, 15) is 14.4 Å². The lowest BCUT2D eigenvalue weighted by Crippen LogP contribution is -2.33. The zero-order valence-electron chi connectivity index (χ0n) is 11.4. The van der Waals surface area contributed by atoms with Gasteiger partial charge < -0.3 is 4.74 Å². The van der Waals surface area contributed by atoms with E-state index in [-0.39, 0.29) is 5.75 Å². The molecule has 1 N–H and O–H groups in total. The van der Waals surface area contributed by atoms with Gasteiger partial charge in [-0.25, -0.2) is 0 Å². The van der Waals surface area contributed by atoms with Crippen LogP contribution in [-0.4, -0.2) is 30.1 Å². The average molecular weight is 355 g/mol. The van der Waals surface area contributed by atoms with Crippen LogP contribution in [0.3, 0.4) is 0 Å². The standard InChI is InChI=1S/C14H13NO4S3/c16-12(15-14(18)11-4-2-6-22-11)7-19-13(17)9-20-8-10-3-1-5-21-10/h1-6H,7-9H2,(H,15,16,18). The summed E-state index contributed by atoms with van der Waals surface area (Å²) in [4.78, 5) is 36.2. The van der Waals surface area contributed by atoms with Gasteiger partial charge in [0.15, 0.2) is 6.61 Å². The second-order valence-electron chi connectivity index (χ2n) is 4.09. The van der Waals surface area contributed by atoms with Crippen molar-refractivity contribution in [3.8, 4) is 0 Å². The highest BCUT2D eigenvalue weighted by molar-refractivity contribution is 7.99. The number of hydrogen-bond donors (Lipinski definition) is 1. The van der Waals surface area contributed by atoms with E-state index < -0.39 is 24.4 Å². The van der Waals surface area contributed by atoms with Crippen molar-refractivity contribution in [1.29, 1.82) is 0 Å². The fraction of sp³-hybridized carbons (Fsp3) is 0.214. The van der Waals surface area contributed by atoms with Crippen LogP contribution in [0.5, 0.6) is 0 Å². The van der Waals surface area contributed by atoms with Crippen molar-refractivity contribution < 1.29 is 19.1 Å². The third-order valence-corrected chi connectivity index (χ3v) is 5.29. The van der Waals surface area contributed by atoms with E-state index in [1.165, 1.54) is 28.0 Å². The van der Waals surface area contributed by atoms with E-state index in [0.29, 0.717) is 4.88 Å². The number of hydrogen-bond acceptors (Lipinski definition) is 7. The van der Waals surface area contributed by atoms with Gasteiger partial charge in [-0.3, -0.25) is 19.7 Å². The Morgan fingerprint density at radius 2 is 1.91 bits per heavy atom. The SMILES string of the molecule is O=C(COC(=O)CSCc1cccs1)NC(=O)c1cccs1. The maximum absolute atomic E-state index is 11.6. The Balaban J connectivity index is 1.61. The first-order valence-electron chi connectivity index (χ1n) is 6.28. The van der Waals surface area contributed by atoms with E-state index in [1.807, 2.05) is 17.5 Å². The summed E-state index contributed by atoms with van der Waals surface area (Å²) in [5.74, 6) is -0.682. The molecule has 5 nitrogen and oxygen atoms in total. The summed E-state index contributed by atoms with van der Waals surface area (Å²) in [6.45, 7) is -0.449. The molecule has 0 saturated heterocycles. The number of rotatable bonds is 7. The molecule has 0 bridgehead atoms. The van der Waals surface area contributed by atoms with E-state index >= 15 is 0 Å². The molecule has 2 aromatic heterocycles. The first kappa shape index (κ1) is 16.7. The maximum Gasteiger partial charge on any atom is 0.316 e. The van der Waals surface area contributed by atoms with Crippen molar-refractivity contribution >= 4 is 52.2 Å². The van der Waals surface area contributed by atoms with Gasteiger partial charge in [0.2, 0.25) is 0 Å². The summed E-state index contributed by atoms with van der Waals surface area (Å²) in [6, 6.07) is 7.27. The van der Waals surface area contributed by atoms with Gasteiger partial charge >= 0.3 is 5.97 Å². The van der Waals surface area contributed by atoms with Crippen LogP contribution >= 0.6 is 34.4 Å². The second kappa shape index (κ2) is 8.72. The average Bonchev–Trinajstić information content (AvgIpc) is 3.18. The molecule has 0 atom stereocenters. The molecule has 0 saturated carbocycles. The largest absolute Gasteiger partial charge is 0.455 e. The summed E-state index contributed by atoms with van der Waals surface area (Å²) >= 11 is 4.28. The fourth-order valence-electron chi connectivity index (χ4n) is 1.45. The van der Waals surface area contributed by atoms with Crippen molar-refractivity contribution in [2.75, 3.05) is 12.4 Å². The van der Waals surface area contributed by atoms with Crippen LogP contribution in [0.1, 0.15) is 14.5 Å². The van der Waals surface area contributed by atoms with Crippen LogP contribution in [0.25, 0.3) is 0 Å². The van der Waals surface area contributed by atoms with Crippen molar-refractivity contribution in [3.05, 3.63) is 44.8 Å². The fourth-order valence-corrected chi connectivity index (χ4v) is 3.73. The van der Waals surface area contributed by atoms with Gasteiger partial charge in [-0.15, -0.1) is 34.4 Å². The number of nitrogens with one attached hydrogen (secondary N) is 1. The molecule has 2 amide bonds. The Labute approximate surface area is 139 Å². The zero-order chi connectivity index (χ0) is 15.8. The Bertz CT molecular complexity index is 623. The van der Waals surface area contributed by atoms with Crippen molar-refractivity contribution in [1.82, 2.24) is 5.32 Å². The minimum absolute atomic E-state index is 0.171. The number of thiophene rings is 2. The molecule has 0 aliphatic rings. The van der Waals surface area contributed by atoms with Crippen LogP contribution in [0.2, 0.25) is 0 Å². The van der Waals surface area contributed by atoms with Gasteiger partial charge in [0, 0.05) is 10.6 Å². The molecular weight excluding hydrogens is 342 g/mol. The number of amides is 2. The quantitative estimate of drug-likeness (QED) is 0.773. The summed E-state index contributed by atoms with van der Waals surface area (Å²) in [6.07, 6.45) is 0. The van der Waals surface area contributed by atoms with Crippen LogP contribution in [0, 0.1) is 0 Å². The lowest BCUT2D eigenvalue weighted by Gasteiger charge is -2.04. The summed E-state index contributed by atoms with van der Waals surface area (Å²) in [5.41, 5.74) is 0. The predicted octanol–water partition coefficient (Wildman–Crippen LogP) is 2.54. The van der Waals surface area contributed by atoms with E-state index in [0.717, 1.165) is 5.75 Å². The third-order valence-electron chi connectivity index (χ3n) is 2.41. The molecule has 0 aromatic carbocycles. The third kappa shape index (κ3) is 5.63. The lowest BCUT2D eigenvalue weighted by atomic mass is 10.4. The molecular formula is C14H13NO4S3. The molecule has 0 fully saturated rings. The zero-order valence-corrected chi connectivity index (χ0v) is 13.9. The molecule has 2 heterocycles. The van der Waals surface area contributed by atoms with E-state index in [2.05, 4.69) is 5.32 Å². The number of thioether (sulfide) groups is 1. The van der Waals surface area contributed by atoms with Gasteiger partial charge in [0.25, 0.3) is 11.8 Å². The molecule has 22 heavy (non-hydrogen) atoms. The summed E-state index contributed by atoms with van der Waals surface area (Å²) < 4.78 is 4.82. The highest BCUT2D eigenvalue weighted by Crippen LogP contribution is 2.16. The van der Waals surface area contributed by atoms with Gasteiger partial charge in [-0.05, 0) is 22.9 Å². The molecule has 0 aliphatic carbocycles. The van der Waals surface area contributed by atoms with Gasteiger partial charge in [-0.1, -0.05) is 12.1 Å². The molecule has 0 spiro atoms. The van der Waals surface area contributed by atoms with Gasteiger partial charge in [-0.2, -0.15) is 0 Å². The molecule has 8 heteroatoms. The number of carbonyl (C=O) groups is 3. The molecule has 0 unspecified atom stereocenters. The monoisotopic (exact) mass is 355 g/mol. The summed E-state index contributed by atoms with van der Waals surface area (Å²) in [7, 11) is 0. The molecule has 116 valence electrons. The van der Waals surface area contributed by atoms with Gasteiger partial charge in [0.1, 0.15) is 0 Å². The van der Waals surface area contributed by atoms with Crippen LogP contribution in [0.15, 0.2) is 35.0 Å². The first-order valence-corrected chi connectivity index (χ1v) is 9.20. The first-order chi connectivity index (χ1) is 10.6. The van der Waals surface area contributed by atoms with E-state index in [1.54, 1.807) is 28.8 Å². The van der Waals surface area contributed by atoms with Crippen LogP contribution in [0.4, 0.5) is 0 Å². The minimum Gasteiger partial charge on any atom is -0.455 e. The number of esters is 1. The minimum atomic E-state index is -0.630. The number of imide groups is 1. The number of ether oxygens (including phenoxy) is 1. The number of carbonyl (C=O) groups excluding carboxylic acids is 3. The topological polar surface area (TPSA) is 72.5 Å². The van der Waals surface area contributed by atoms with Crippen molar-refractivity contribution in [2.24, 2.45) is 0 Å². The normalized spacial score (nSPS) is 10.2. The lowest BCUT2D eigenvalue weighted by molar-refractivity contribution is -0.145. The summed E-state index contributed by atoms with van der Waals surface area (Å²) in [5, 5.41) is 5.88. The van der Waals surface area contributed by atoms with Crippen LogP contribution in [-0.2, 0) is 20.1 Å². The Morgan fingerprint density at radius 1 is 1.14 bits per heavy atom. The Kier molecular flexibility index (Phi) is 6.63. The smallest absolute Gasteiger partial charge is 0.316 e. The molecule has 2 aromatic rings. The Hall–Kier alpha value is -1.64. The highest BCUT2D eigenvalue weighted by atomic mass is 32.2. The van der Waals surface area contributed by atoms with Crippen molar-refractivity contribution in [2.45, 2.75) is 5.75 Å². The van der Waals surface area contributed by atoms with Crippen LogP contribution < -0.4 is 5.32 Å². The molecule has 0 aliphatic heterocycles. The second-order valence-corrected chi connectivity index (χ2v) is 7.05. The maximum atomic E-state index is 11.6. The molecule has 0 radical (unpaired) electrons. The predicted molar refractivity (Wildman–Crippen MR) is 88.2 cm³/mol. The van der Waals surface area contributed by atoms with Gasteiger partial charge in [0.05, 0.1) is 10.6 Å². The van der Waals surface area contributed by atoms with E-state index in [4.69, 9.17) is 4.74 Å².